The zero-order valence-corrected chi connectivity index (χ0v) is 10.0. The van der Waals surface area contributed by atoms with Crippen LogP contribution in [0.25, 0.3) is 0 Å². The molecule has 5 heteroatoms. The Bertz CT molecular complexity index is 372. The molecule has 0 aliphatic heterocycles. The van der Waals surface area contributed by atoms with E-state index in [1.165, 1.54) is 6.92 Å². The van der Waals surface area contributed by atoms with Crippen LogP contribution in [-0.4, -0.2) is 29.3 Å². The number of hydrogen-bond acceptors (Lipinski definition) is 4. The lowest BCUT2D eigenvalue weighted by Crippen LogP contribution is -2.46. The first-order chi connectivity index (χ1) is 8.01. The fourth-order valence-corrected chi connectivity index (χ4v) is 1.11. The van der Waals surface area contributed by atoms with E-state index in [-0.39, 0.29) is 0 Å². The van der Waals surface area contributed by atoms with E-state index >= 15 is 0 Å². The molecule has 0 fully saturated rings. The molecule has 1 aromatic rings. The maximum atomic E-state index is 11.7. The van der Waals surface area contributed by atoms with E-state index in [9.17, 15) is 4.79 Å². The minimum atomic E-state index is -1.18. The molecule has 1 rings (SSSR count). The van der Waals surface area contributed by atoms with Gasteiger partial charge in [0.15, 0.2) is 0 Å². The van der Waals surface area contributed by atoms with Crippen molar-refractivity contribution in [1.29, 1.82) is 0 Å². The monoisotopic (exact) mass is 238 g/mol. The summed E-state index contributed by atoms with van der Waals surface area (Å²) in [6.07, 6.45) is 0. The highest BCUT2D eigenvalue weighted by atomic mass is 16.3. The van der Waals surface area contributed by atoms with Crippen molar-refractivity contribution < 1.29 is 15.0 Å². The molecule has 1 amide bonds. The summed E-state index contributed by atoms with van der Waals surface area (Å²) in [5.41, 5.74) is 5.85. The molecule has 0 saturated heterocycles. The summed E-state index contributed by atoms with van der Waals surface area (Å²) >= 11 is 0. The summed E-state index contributed by atoms with van der Waals surface area (Å²) in [5.74, 6) is -0.455. The smallest absolute Gasteiger partial charge is 0.248 e. The number of anilines is 1. The van der Waals surface area contributed by atoms with E-state index in [0.717, 1.165) is 11.3 Å². The fraction of sp³-hybridized carbons (Fsp3) is 0.417. The molecule has 0 aromatic heterocycles. The first-order valence-corrected chi connectivity index (χ1v) is 5.37. The van der Waals surface area contributed by atoms with Crippen molar-refractivity contribution in [2.45, 2.75) is 13.8 Å². The molecule has 0 unspecified atom stereocenters. The van der Waals surface area contributed by atoms with E-state index in [2.05, 4.69) is 10.9 Å². The number of amides is 1. The van der Waals surface area contributed by atoms with Crippen LogP contribution < -0.4 is 10.9 Å². The van der Waals surface area contributed by atoms with E-state index in [0.29, 0.717) is 0 Å². The number of carbonyl (C=O) groups excluding carboxylic acids is 1. The molecule has 17 heavy (non-hydrogen) atoms. The Balaban J connectivity index is 2.56. The summed E-state index contributed by atoms with van der Waals surface area (Å²) in [6, 6.07) is 7.47. The van der Waals surface area contributed by atoms with Crippen LogP contribution >= 0.6 is 0 Å². The molecule has 5 nitrogen and oxygen atoms in total. The van der Waals surface area contributed by atoms with Gasteiger partial charge >= 0.3 is 0 Å². The summed E-state index contributed by atoms with van der Waals surface area (Å²) in [5, 5.41) is 18.1. The highest BCUT2D eigenvalue weighted by Gasteiger charge is 2.31. The maximum absolute atomic E-state index is 11.7. The minimum Gasteiger partial charge on any atom is -0.395 e. The van der Waals surface area contributed by atoms with Gasteiger partial charge in [0.1, 0.15) is 0 Å². The van der Waals surface area contributed by atoms with Gasteiger partial charge < -0.3 is 10.2 Å². The highest BCUT2D eigenvalue weighted by molar-refractivity contribution is 5.83. The Labute approximate surface area is 100 Å². The number of rotatable bonds is 5. The molecule has 0 aliphatic carbocycles. The summed E-state index contributed by atoms with van der Waals surface area (Å²) in [6.45, 7) is 2.63. The normalized spacial score (nSPS) is 11.1. The first-order valence-electron chi connectivity index (χ1n) is 5.37. The van der Waals surface area contributed by atoms with Crippen molar-refractivity contribution in [1.82, 2.24) is 5.43 Å². The van der Waals surface area contributed by atoms with Crippen molar-refractivity contribution in [2.24, 2.45) is 5.41 Å². The zero-order valence-electron chi connectivity index (χ0n) is 10.0. The van der Waals surface area contributed by atoms with Crippen molar-refractivity contribution in [3.05, 3.63) is 29.8 Å². The third kappa shape index (κ3) is 3.44. The Morgan fingerprint density at radius 2 is 1.76 bits per heavy atom. The predicted molar refractivity (Wildman–Crippen MR) is 65.2 cm³/mol. The topological polar surface area (TPSA) is 81.6 Å². The van der Waals surface area contributed by atoms with Crippen LogP contribution in [-0.2, 0) is 4.79 Å². The van der Waals surface area contributed by atoms with Gasteiger partial charge in [-0.2, -0.15) is 0 Å². The Kier molecular flexibility index (Phi) is 4.48. The third-order valence-corrected chi connectivity index (χ3v) is 2.62. The van der Waals surface area contributed by atoms with Gasteiger partial charge in [-0.1, -0.05) is 17.7 Å². The van der Waals surface area contributed by atoms with E-state index in [1.807, 2.05) is 31.2 Å². The number of hydrogen-bond donors (Lipinski definition) is 4. The molecule has 0 saturated carbocycles. The number of benzene rings is 1. The fourth-order valence-electron chi connectivity index (χ4n) is 1.11. The van der Waals surface area contributed by atoms with Crippen LogP contribution in [0.1, 0.15) is 12.5 Å². The van der Waals surface area contributed by atoms with Crippen LogP contribution in [0.15, 0.2) is 24.3 Å². The molecule has 4 N–H and O–H groups in total. The Morgan fingerprint density at radius 1 is 1.24 bits per heavy atom. The Morgan fingerprint density at radius 3 is 2.24 bits per heavy atom. The molecule has 0 bridgehead atoms. The highest BCUT2D eigenvalue weighted by Crippen LogP contribution is 2.14. The summed E-state index contributed by atoms with van der Waals surface area (Å²) in [4.78, 5) is 11.7. The minimum absolute atomic E-state index is 0.412. The molecular formula is C12H18N2O3. The van der Waals surface area contributed by atoms with E-state index in [1.54, 1.807) is 0 Å². The van der Waals surface area contributed by atoms with E-state index in [4.69, 9.17) is 10.2 Å². The van der Waals surface area contributed by atoms with Gasteiger partial charge in [0, 0.05) is 0 Å². The van der Waals surface area contributed by atoms with Crippen molar-refractivity contribution in [3.63, 3.8) is 0 Å². The number of carbonyl (C=O) groups is 1. The molecule has 0 atom stereocenters. The van der Waals surface area contributed by atoms with Gasteiger partial charge in [-0.25, -0.2) is 0 Å². The van der Waals surface area contributed by atoms with Crippen molar-refractivity contribution >= 4 is 11.6 Å². The largest absolute Gasteiger partial charge is 0.395 e. The maximum Gasteiger partial charge on any atom is 0.248 e. The number of nitrogens with one attached hydrogen (secondary N) is 2. The lowest BCUT2D eigenvalue weighted by atomic mass is 9.92. The lowest BCUT2D eigenvalue weighted by molar-refractivity contribution is -0.134. The van der Waals surface area contributed by atoms with Gasteiger partial charge in [-0.3, -0.25) is 15.6 Å². The van der Waals surface area contributed by atoms with Crippen LogP contribution in [0.4, 0.5) is 5.69 Å². The average molecular weight is 238 g/mol. The molecule has 0 aliphatic rings. The first kappa shape index (κ1) is 13.5. The van der Waals surface area contributed by atoms with Crippen LogP contribution in [0, 0.1) is 12.3 Å². The summed E-state index contributed by atoms with van der Waals surface area (Å²) in [7, 11) is 0. The summed E-state index contributed by atoms with van der Waals surface area (Å²) < 4.78 is 0. The second-order valence-corrected chi connectivity index (χ2v) is 4.32. The number of aliphatic hydroxyl groups is 2. The average Bonchev–Trinajstić information content (AvgIpc) is 2.36. The molecule has 0 heterocycles. The van der Waals surface area contributed by atoms with Gasteiger partial charge in [0.2, 0.25) is 5.91 Å². The SMILES string of the molecule is Cc1ccc(NNC(=O)C(C)(CO)CO)cc1. The molecule has 0 spiro atoms. The Hall–Kier alpha value is -1.59. The van der Waals surface area contributed by atoms with E-state index < -0.39 is 24.5 Å². The number of hydrazine groups is 1. The molecule has 1 aromatic carbocycles. The molecular weight excluding hydrogens is 220 g/mol. The second kappa shape index (κ2) is 5.65. The van der Waals surface area contributed by atoms with Crippen LogP contribution in [0.3, 0.4) is 0 Å². The van der Waals surface area contributed by atoms with Gasteiger partial charge in [-0.15, -0.1) is 0 Å². The lowest BCUT2D eigenvalue weighted by Gasteiger charge is -2.23. The predicted octanol–water partition coefficient (Wildman–Crippen LogP) is 0.429. The van der Waals surface area contributed by atoms with Crippen LogP contribution in [0.2, 0.25) is 0 Å². The van der Waals surface area contributed by atoms with Crippen LogP contribution in [0.5, 0.6) is 0 Å². The standard InChI is InChI=1S/C12H18N2O3/c1-9-3-5-10(6-4-9)13-14-11(17)12(2,7-15)8-16/h3-6,13,15-16H,7-8H2,1-2H3,(H,14,17). The quantitative estimate of drug-likeness (QED) is 0.561. The number of aryl methyl sites for hydroxylation is 1. The molecule has 94 valence electrons. The number of aliphatic hydroxyl groups excluding tert-OH is 2. The third-order valence-electron chi connectivity index (χ3n) is 2.62. The zero-order chi connectivity index (χ0) is 12.9. The van der Waals surface area contributed by atoms with Crippen molar-refractivity contribution in [2.75, 3.05) is 18.6 Å². The molecule has 0 radical (unpaired) electrons. The second-order valence-electron chi connectivity index (χ2n) is 4.32. The van der Waals surface area contributed by atoms with Crippen molar-refractivity contribution in [3.8, 4) is 0 Å². The van der Waals surface area contributed by atoms with Gasteiger partial charge in [0.25, 0.3) is 0 Å². The van der Waals surface area contributed by atoms with Gasteiger partial charge in [0.05, 0.1) is 24.3 Å². The van der Waals surface area contributed by atoms with Gasteiger partial charge in [-0.05, 0) is 26.0 Å².